The minimum Gasteiger partial charge on any atom is -0.314 e. The first-order chi connectivity index (χ1) is 5.81. The van der Waals surface area contributed by atoms with Gasteiger partial charge in [0.25, 0.3) is 5.82 Å². The van der Waals surface area contributed by atoms with Crippen LogP contribution in [0.25, 0.3) is 0 Å². The fourth-order valence-corrected chi connectivity index (χ4v) is 1.51. The van der Waals surface area contributed by atoms with Gasteiger partial charge in [-0.15, -0.1) is 0 Å². The van der Waals surface area contributed by atoms with Crippen LogP contribution in [0.2, 0.25) is 0 Å². The highest BCUT2D eigenvalue weighted by molar-refractivity contribution is 5.17. The Morgan fingerprint density at radius 3 is 3.17 bits per heavy atom. The van der Waals surface area contributed by atoms with Crippen molar-refractivity contribution in [3.8, 4) is 6.07 Å². The summed E-state index contributed by atoms with van der Waals surface area (Å²) in [6.07, 6.45) is 1.83. The van der Waals surface area contributed by atoms with E-state index in [4.69, 9.17) is 5.26 Å². The lowest BCUT2D eigenvalue weighted by atomic mass is 10.3. The zero-order chi connectivity index (χ0) is 8.55. The summed E-state index contributed by atoms with van der Waals surface area (Å²) >= 11 is 0. The van der Waals surface area contributed by atoms with Crippen molar-refractivity contribution in [3.05, 3.63) is 17.7 Å². The minimum atomic E-state index is 0.651. The third-order valence-electron chi connectivity index (χ3n) is 2.19. The van der Waals surface area contributed by atoms with E-state index in [1.807, 2.05) is 10.8 Å². The number of fused-ring (bicyclic) bond motifs is 1. The fraction of sp³-hybridized carbons (Fsp3) is 0.500. The monoisotopic (exact) mass is 163 g/mol. The van der Waals surface area contributed by atoms with Gasteiger partial charge < -0.3 is 4.57 Å². The number of nitrogens with zero attached hydrogens (tertiary/aromatic N) is 3. The molecule has 2 heterocycles. The highest BCUT2D eigenvalue weighted by atomic mass is 15.2. The summed E-state index contributed by atoms with van der Waals surface area (Å²) in [6, 6.07) is 2.33. The zero-order valence-corrected chi connectivity index (χ0v) is 7.04. The topological polar surface area (TPSA) is 44.9 Å². The van der Waals surface area contributed by atoms with Crippen LogP contribution in [0.3, 0.4) is 0 Å². The van der Waals surface area contributed by atoms with Gasteiger partial charge in [-0.2, -0.15) is 0 Å². The lowest BCUT2D eigenvalue weighted by Crippen LogP contribution is -2.31. The second kappa shape index (κ2) is 2.61. The quantitative estimate of drug-likeness (QED) is 0.503. The van der Waals surface area contributed by atoms with Crippen molar-refractivity contribution in [2.75, 3.05) is 13.6 Å². The third kappa shape index (κ3) is 0.990. The summed E-state index contributed by atoms with van der Waals surface area (Å²) in [7, 11) is 2.09. The molecule has 0 atom stereocenters. The first kappa shape index (κ1) is 7.32. The predicted octanol–water partition coefficient (Wildman–Crippen LogP) is -1.55. The second-order valence-electron chi connectivity index (χ2n) is 3.09. The van der Waals surface area contributed by atoms with Crippen molar-refractivity contribution in [3.63, 3.8) is 0 Å². The lowest BCUT2D eigenvalue weighted by molar-refractivity contribution is -0.0917. The van der Waals surface area contributed by atoms with Crippen molar-refractivity contribution in [1.82, 2.24) is 14.5 Å². The minimum absolute atomic E-state index is 0.651. The van der Waals surface area contributed by atoms with Gasteiger partial charge in [-0.25, -0.2) is 4.98 Å². The molecule has 0 amide bonds. The summed E-state index contributed by atoms with van der Waals surface area (Å²) in [5.74, 6) is 0.651. The van der Waals surface area contributed by atoms with Crippen LogP contribution in [0.15, 0.2) is 6.20 Å². The zero-order valence-electron chi connectivity index (χ0n) is 7.04. The number of likely N-dealkylation sites (N-methyl/N-ethyl adjacent to an activating group) is 1. The van der Waals surface area contributed by atoms with E-state index in [1.165, 1.54) is 5.69 Å². The van der Waals surface area contributed by atoms with Crippen LogP contribution in [0.5, 0.6) is 0 Å². The number of nitrogens with one attached hydrogen (secondary N) is 1. The van der Waals surface area contributed by atoms with Crippen LogP contribution < -0.4 is 5.26 Å². The molecule has 4 nitrogen and oxygen atoms in total. The van der Waals surface area contributed by atoms with E-state index in [-0.39, 0.29) is 0 Å². The molecule has 2 rings (SSSR count). The Bertz CT molecular complexity index is 333. The van der Waals surface area contributed by atoms with Crippen LogP contribution in [0.4, 0.5) is 0 Å². The molecule has 0 aliphatic carbocycles. The molecule has 4 heteroatoms. The van der Waals surface area contributed by atoms with E-state index >= 15 is 0 Å². The third-order valence-corrected chi connectivity index (χ3v) is 2.19. The maximum Gasteiger partial charge on any atom is 0.348 e. The standard InChI is InChI=1S/C8H10N4/c1-11-2-3-12-7(6-11)5-10-8(12)4-9/h5H,2-3,6H2,1H3/p+1. The van der Waals surface area contributed by atoms with Gasteiger partial charge in [0.15, 0.2) is 0 Å². The van der Waals surface area contributed by atoms with Gasteiger partial charge in [0, 0.05) is 19.6 Å². The van der Waals surface area contributed by atoms with Crippen molar-refractivity contribution in [2.45, 2.75) is 13.1 Å². The smallest absolute Gasteiger partial charge is 0.314 e. The van der Waals surface area contributed by atoms with Gasteiger partial charge >= 0.3 is 6.07 Å². The first-order valence-corrected chi connectivity index (χ1v) is 3.97. The average molecular weight is 163 g/mol. The fourth-order valence-electron chi connectivity index (χ4n) is 1.51. The molecule has 1 aliphatic heterocycles. The second-order valence-corrected chi connectivity index (χ2v) is 3.09. The van der Waals surface area contributed by atoms with E-state index in [9.17, 15) is 0 Å². The predicted molar refractivity (Wildman–Crippen MR) is 42.5 cm³/mol. The Balaban J connectivity index is 2.40. The number of imidazole rings is 1. The lowest BCUT2D eigenvalue weighted by Gasteiger charge is -2.23. The SMILES string of the molecule is CN1CCn2c(cnc2C#[NH+])C1. The molecule has 0 aromatic carbocycles. The van der Waals surface area contributed by atoms with Crippen LogP contribution in [-0.2, 0) is 13.1 Å². The molecule has 1 aliphatic rings. The summed E-state index contributed by atoms with van der Waals surface area (Å²) in [5.41, 5.74) is 1.18. The Labute approximate surface area is 71.0 Å². The van der Waals surface area contributed by atoms with Crippen molar-refractivity contribution in [1.29, 1.82) is 0 Å². The molecule has 0 spiro atoms. The van der Waals surface area contributed by atoms with Gasteiger partial charge in [-0.1, -0.05) is 5.26 Å². The molecule has 62 valence electrons. The largest absolute Gasteiger partial charge is 0.348 e. The summed E-state index contributed by atoms with van der Waals surface area (Å²) < 4.78 is 2.05. The average Bonchev–Trinajstić information content (AvgIpc) is 2.46. The molecule has 12 heavy (non-hydrogen) atoms. The molecule has 0 saturated heterocycles. The highest BCUT2D eigenvalue weighted by Crippen LogP contribution is 2.11. The normalized spacial score (nSPS) is 17.0. The van der Waals surface area contributed by atoms with E-state index in [1.54, 1.807) is 0 Å². The molecule has 1 N–H and O–H groups in total. The van der Waals surface area contributed by atoms with Crippen LogP contribution in [0.1, 0.15) is 11.5 Å². The molecular formula is C8H11N4+. The number of hydrogen-bond acceptors (Lipinski definition) is 2. The number of aromatic nitrogens is 2. The molecule has 1 aromatic rings. The molecule has 0 bridgehead atoms. The Kier molecular flexibility index (Phi) is 1.59. The van der Waals surface area contributed by atoms with Crippen molar-refractivity contribution >= 4 is 0 Å². The Morgan fingerprint density at radius 2 is 2.42 bits per heavy atom. The first-order valence-electron chi connectivity index (χ1n) is 3.97. The number of hydrogen-bond donors (Lipinski definition) is 1. The molecular weight excluding hydrogens is 152 g/mol. The van der Waals surface area contributed by atoms with E-state index < -0.39 is 0 Å². The van der Waals surface area contributed by atoms with Gasteiger partial charge in [-0.3, -0.25) is 4.90 Å². The Hall–Kier alpha value is -1.34. The van der Waals surface area contributed by atoms with Crippen molar-refractivity contribution < 1.29 is 5.26 Å². The molecule has 0 unspecified atom stereocenters. The number of rotatable bonds is 0. The van der Waals surface area contributed by atoms with Gasteiger partial charge in [0.05, 0.1) is 11.9 Å². The maximum atomic E-state index is 7.00. The van der Waals surface area contributed by atoms with Crippen molar-refractivity contribution in [2.24, 2.45) is 0 Å². The molecule has 0 fully saturated rings. The van der Waals surface area contributed by atoms with Crippen LogP contribution in [0, 0.1) is 6.07 Å². The van der Waals surface area contributed by atoms with Gasteiger partial charge in [0.1, 0.15) is 0 Å². The summed E-state index contributed by atoms with van der Waals surface area (Å²) in [6.45, 7) is 2.87. The van der Waals surface area contributed by atoms with E-state index in [0.29, 0.717) is 5.82 Å². The van der Waals surface area contributed by atoms with E-state index in [0.717, 1.165) is 19.6 Å². The maximum absolute atomic E-state index is 7.00. The summed E-state index contributed by atoms with van der Waals surface area (Å²) in [4.78, 5) is 6.33. The van der Waals surface area contributed by atoms with Gasteiger partial charge in [0.2, 0.25) is 0 Å². The highest BCUT2D eigenvalue weighted by Gasteiger charge is 2.17. The molecule has 0 radical (unpaired) electrons. The van der Waals surface area contributed by atoms with E-state index in [2.05, 4.69) is 23.0 Å². The summed E-state index contributed by atoms with van der Waals surface area (Å²) in [5, 5.41) is 7.00. The Morgan fingerprint density at radius 1 is 1.58 bits per heavy atom. The molecule has 0 saturated carbocycles. The van der Waals surface area contributed by atoms with Gasteiger partial charge in [-0.05, 0) is 7.05 Å². The van der Waals surface area contributed by atoms with Crippen LogP contribution in [-0.4, -0.2) is 28.0 Å². The molecule has 1 aromatic heterocycles. The van der Waals surface area contributed by atoms with Crippen LogP contribution >= 0.6 is 0 Å².